The van der Waals surface area contributed by atoms with Crippen LogP contribution in [-0.4, -0.2) is 28.1 Å². The number of nitrogens with zero attached hydrogens (tertiary/aromatic N) is 2. The lowest BCUT2D eigenvalue weighted by Crippen LogP contribution is -2.30. The highest BCUT2D eigenvalue weighted by atomic mass is 79.9. The predicted octanol–water partition coefficient (Wildman–Crippen LogP) is 3.73. The van der Waals surface area contributed by atoms with Crippen molar-refractivity contribution >= 4 is 33.6 Å². The minimum Gasteiger partial charge on any atom is -0.322 e. The Morgan fingerprint density at radius 2 is 2.25 bits per heavy atom. The van der Waals surface area contributed by atoms with Gasteiger partial charge >= 0.3 is 0 Å². The molecule has 102 valence electrons. The van der Waals surface area contributed by atoms with Gasteiger partial charge in [0.1, 0.15) is 5.37 Å². The first-order valence-corrected chi connectivity index (χ1v) is 8.18. The maximum atomic E-state index is 12.7. The topological polar surface area (TPSA) is 33.2 Å². The quantitative estimate of drug-likeness (QED) is 0.828. The van der Waals surface area contributed by atoms with Crippen LogP contribution in [0.3, 0.4) is 0 Å². The third-order valence-electron chi connectivity index (χ3n) is 3.19. The summed E-state index contributed by atoms with van der Waals surface area (Å²) >= 11 is 5.20. The van der Waals surface area contributed by atoms with Gasteiger partial charge in [-0.25, -0.2) is 0 Å². The number of halogens is 1. The number of hydrogen-bond donors (Lipinski definition) is 0. The number of carbonyl (C=O) groups excluding carboxylic acids is 1. The summed E-state index contributed by atoms with van der Waals surface area (Å²) in [6, 6.07) is 11.5. The Morgan fingerprint density at radius 1 is 1.35 bits per heavy atom. The van der Waals surface area contributed by atoms with Crippen molar-refractivity contribution in [1.29, 1.82) is 0 Å². The van der Waals surface area contributed by atoms with Crippen molar-refractivity contribution < 1.29 is 4.79 Å². The van der Waals surface area contributed by atoms with Gasteiger partial charge in [0.05, 0.1) is 0 Å². The average molecular weight is 349 g/mol. The molecule has 1 atom stereocenters. The van der Waals surface area contributed by atoms with Crippen LogP contribution in [0.15, 0.2) is 53.3 Å². The Balaban J connectivity index is 1.87. The number of amides is 1. The number of hydrogen-bond acceptors (Lipinski definition) is 3. The zero-order valence-electron chi connectivity index (χ0n) is 10.7. The lowest BCUT2D eigenvalue weighted by Gasteiger charge is -2.24. The van der Waals surface area contributed by atoms with Crippen LogP contribution in [-0.2, 0) is 0 Å². The van der Waals surface area contributed by atoms with Gasteiger partial charge in [-0.1, -0.05) is 28.1 Å². The highest BCUT2D eigenvalue weighted by molar-refractivity contribution is 9.10. The number of thioether (sulfide) groups is 1. The zero-order chi connectivity index (χ0) is 13.9. The standard InChI is InChI=1S/C15H13BrN2OS/c16-13-5-1-3-11(9-13)14(19)18-7-8-20-15(18)12-4-2-6-17-10-12/h1-6,9-10,15H,7-8H2. The molecule has 1 aliphatic heterocycles. The van der Waals surface area contributed by atoms with Crippen LogP contribution in [0.2, 0.25) is 0 Å². The van der Waals surface area contributed by atoms with Gasteiger partial charge in [-0.2, -0.15) is 0 Å². The molecule has 1 saturated heterocycles. The molecular weight excluding hydrogens is 336 g/mol. The number of carbonyl (C=O) groups is 1. The first-order valence-electron chi connectivity index (χ1n) is 6.34. The Morgan fingerprint density at radius 3 is 3.00 bits per heavy atom. The maximum Gasteiger partial charge on any atom is 0.255 e. The monoisotopic (exact) mass is 348 g/mol. The third-order valence-corrected chi connectivity index (χ3v) is 4.95. The van der Waals surface area contributed by atoms with E-state index in [1.807, 2.05) is 47.5 Å². The SMILES string of the molecule is O=C(c1cccc(Br)c1)N1CCSC1c1cccnc1. The molecule has 1 unspecified atom stereocenters. The Kier molecular flexibility index (Phi) is 4.08. The molecule has 20 heavy (non-hydrogen) atoms. The number of rotatable bonds is 2. The summed E-state index contributed by atoms with van der Waals surface area (Å²) in [7, 11) is 0. The molecule has 1 aromatic heterocycles. The van der Waals surface area contributed by atoms with Crippen LogP contribution in [0.1, 0.15) is 21.3 Å². The van der Waals surface area contributed by atoms with E-state index in [1.54, 1.807) is 18.0 Å². The first-order chi connectivity index (χ1) is 9.75. The molecule has 0 aliphatic carbocycles. The largest absolute Gasteiger partial charge is 0.322 e. The molecule has 0 saturated carbocycles. The lowest BCUT2D eigenvalue weighted by molar-refractivity contribution is 0.0760. The highest BCUT2D eigenvalue weighted by Crippen LogP contribution is 2.38. The van der Waals surface area contributed by atoms with Crippen LogP contribution >= 0.6 is 27.7 Å². The molecule has 0 spiro atoms. The van der Waals surface area contributed by atoms with Gasteiger partial charge in [0.2, 0.25) is 0 Å². The Labute approximate surface area is 130 Å². The summed E-state index contributed by atoms with van der Waals surface area (Å²) in [4.78, 5) is 18.7. The van der Waals surface area contributed by atoms with Gasteiger partial charge in [0.15, 0.2) is 0 Å². The summed E-state index contributed by atoms with van der Waals surface area (Å²) in [5.74, 6) is 1.03. The smallest absolute Gasteiger partial charge is 0.255 e. The molecule has 3 nitrogen and oxygen atoms in total. The summed E-state index contributed by atoms with van der Waals surface area (Å²) in [5, 5.41) is 0.0650. The first kappa shape index (κ1) is 13.6. The summed E-state index contributed by atoms with van der Waals surface area (Å²) in [6.07, 6.45) is 3.59. The van der Waals surface area contributed by atoms with E-state index < -0.39 is 0 Å². The molecule has 1 aromatic carbocycles. The van der Waals surface area contributed by atoms with Gasteiger partial charge in [-0.05, 0) is 24.3 Å². The maximum absolute atomic E-state index is 12.7. The third kappa shape index (κ3) is 2.74. The Hall–Kier alpha value is -1.33. The molecule has 3 rings (SSSR count). The summed E-state index contributed by atoms with van der Waals surface area (Å²) in [6.45, 7) is 0.773. The van der Waals surface area contributed by atoms with Gasteiger partial charge in [-0.15, -0.1) is 11.8 Å². The van der Waals surface area contributed by atoms with E-state index in [1.165, 1.54) is 0 Å². The minimum atomic E-state index is 0.0650. The molecule has 1 amide bonds. The van der Waals surface area contributed by atoms with E-state index in [0.29, 0.717) is 0 Å². The molecule has 0 bridgehead atoms. The summed E-state index contributed by atoms with van der Waals surface area (Å²) in [5.41, 5.74) is 1.80. The van der Waals surface area contributed by atoms with E-state index in [2.05, 4.69) is 20.9 Å². The van der Waals surface area contributed by atoms with E-state index in [-0.39, 0.29) is 11.3 Å². The minimum absolute atomic E-state index is 0.0650. The fraction of sp³-hybridized carbons (Fsp3) is 0.200. The molecule has 2 aromatic rings. The van der Waals surface area contributed by atoms with E-state index in [0.717, 1.165) is 27.9 Å². The average Bonchev–Trinajstić information content (AvgIpc) is 2.97. The number of pyridine rings is 1. The van der Waals surface area contributed by atoms with E-state index in [4.69, 9.17) is 0 Å². The van der Waals surface area contributed by atoms with Crippen LogP contribution in [0.25, 0.3) is 0 Å². The summed E-state index contributed by atoms with van der Waals surface area (Å²) < 4.78 is 0.924. The van der Waals surface area contributed by atoms with E-state index in [9.17, 15) is 4.79 Å². The number of aromatic nitrogens is 1. The fourth-order valence-electron chi connectivity index (χ4n) is 2.26. The van der Waals surface area contributed by atoms with Crippen LogP contribution in [0.5, 0.6) is 0 Å². The Bertz CT molecular complexity index is 620. The zero-order valence-corrected chi connectivity index (χ0v) is 13.1. The van der Waals surface area contributed by atoms with Gasteiger partial charge in [0.25, 0.3) is 5.91 Å². The molecule has 5 heteroatoms. The van der Waals surface area contributed by atoms with Crippen LogP contribution in [0, 0.1) is 0 Å². The molecular formula is C15H13BrN2OS. The highest BCUT2D eigenvalue weighted by Gasteiger charge is 2.31. The van der Waals surface area contributed by atoms with E-state index >= 15 is 0 Å². The van der Waals surface area contributed by atoms with Crippen molar-refractivity contribution in [2.75, 3.05) is 12.3 Å². The molecule has 0 N–H and O–H groups in total. The second-order valence-electron chi connectivity index (χ2n) is 4.52. The lowest BCUT2D eigenvalue weighted by atomic mass is 10.2. The van der Waals surface area contributed by atoms with Gasteiger partial charge in [-0.3, -0.25) is 9.78 Å². The van der Waals surface area contributed by atoms with Crippen LogP contribution < -0.4 is 0 Å². The van der Waals surface area contributed by atoms with Crippen LogP contribution in [0.4, 0.5) is 0 Å². The molecule has 2 heterocycles. The molecule has 1 fully saturated rings. The second kappa shape index (κ2) is 5.97. The normalized spacial score (nSPS) is 18.2. The number of benzene rings is 1. The second-order valence-corrected chi connectivity index (χ2v) is 6.62. The van der Waals surface area contributed by atoms with Gasteiger partial charge in [0, 0.05) is 40.3 Å². The van der Waals surface area contributed by atoms with Gasteiger partial charge < -0.3 is 4.90 Å². The molecule has 0 radical (unpaired) electrons. The molecule has 1 aliphatic rings. The van der Waals surface area contributed by atoms with Crippen molar-refractivity contribution in [2.45, 2.75) is 5.37 Å². The van der Waals surface area contributed by atoms with Crippen molar-refractivity contribution in [1.82, 2.24) is 9.88 Å². The van der Waals surface area contributed by atoms with Crippen molar-refractivity contribution in [3.63, 3.8) is 0 Å². The van der Waals surface area contributed by atoms with Crippen molar-refractivity contribution in [3.8, 4) is 0 Å². The predicted molar refractivity (Wildman–Crippen MR) is 84.6 cm³/mol. The van der Waals surface area contributed by atoms with Crippen molar-refractivity contribution in [3.05, 3.63) is 64.4 Å². The van der Waals surface area contributed by atoms with Crippen molar-refractivity contribution in [2.24, 2.45) is 0 Å². The fourth-order valence-corrected chi connectivity index (χ4v) is 3.90.